The zero-order valence-electron chi connectivity index (χ0n) is 31.5. The summed E-state index contributed by atoms with van der Waals surface area (Å²) in [6, 6.07) is 0. The molecule has 5 rings (SSSR count). The first-order valence-electron chi connectivity index (χ1n) is 18.6. The molecule has 0 aromatic carbocycles. The van der Waals surface area contributed by atoms with Gasteiger partial charge in [0.05, 0.1) is 24.1 Å². The molecule has 16 heteroatoms. The van der Waals surface area contributed by atoms with Crippen molar-refractivity contribution >= 4 is 29.6 Å². The van der Waals surface area contributed by atoms with Crippen LogP contribution in [-0.2, 0) is 40.1 Å². The third-order valence-electron chi connectivity index (χ3n) is 8.87. The van der Waals surface area contributed by atoms with Crippen LogP contribution >= 0.6 is 0 Å². The number of unbranched alkanes of at least 4 members (excludes halogenated alkanes) is 1. The number of nitrogens with two attached hydrogens (primary N) is 2. The third-order valence-corrected chi connectivity index (χ3v) is 8.87. The number of nitrogens with one attached hydrogen (secondary N) is 1. The van der Waals surface area contributed by atoms with Crippen LogP contribution in [0.2, 0.25) is 0 Å². The molecule has 0 bridgehead atoms. The van der Waals surface area contributed by atoms with Gasteiger partial charge in [0.2, 0.25) is 5.95 Å². The van der Waals surface area contributed by atoms with E-state index >= 15 is 0 Å². The number of ketones is 2. The van der Waals surface area contributed by atoms with E-state index in [0.29, 0.717) is 50.0 Å². The van der Waals surface area contributed by atoms with Crippen molar-refractivity contribution in [3.05, 3.63) is 46.1 Å². The minimum Gasteiger partial charge on any atom is -0.443 e. The molecule has 3 aromatic heterocycles. The highest BCUT2D eigenvalue weighted by Gasteiger charge is 2.21. The maximum absolute atomic E-state index is 12.1. The van der Waals surface area contributed by atoms with Crippen molar-refractivity contribution in [2.45, 2.75) is 136 Å². The Kier molecular flexibility index (Phi) is 17.6. The number of hydrogen-bond acceptors (Lipinski definition) is 11. The number of nitrogen functional groups attached to an aromatic ring is 2. The second-order valence-corrected chi connectivity index (χ2v) is 14.7. The number of ether oxygens (including phenoxy) is 1. The van der Waals surface area contributed by atoms with Crippen LogP contribution in [-0.4, -0.2) is 64.3 Å². The van der Waals surface area contributed by atoms with Gasteiger partial charge in [-0.3, -0.25) is 9.59 Å². The minimum atomic E-state index is -0.558. The van der Waals surface area contributed by atoms with E-state index in [2.05, 4.69) is 41.2 Å². The molecule has 2 fully saturated rings. The Balaban J connectivity index is 0.000000226. The number of carbonyl (C=O) groups excluding carboxylic acids is 3. The fourth-order valence-corrected chi connectivity index (χ4v) is 6.38. The maximum atomic E-state index is 12.1. The molecule has 3 heterocycles. The van der Waals surface area contributed by atoms with Gasteiger partial charge in [-0.15, -0.1) is 17.4 Å². The summed E-state index contributed by atoms with van der Waals surface area (Å²) in [7, 11) is 0. The highest BCUT2D eigenvalue weighted by Crippen LogP contribution is 2.28. The van der Waals surface area contributed by atoms with Crippen molar-refractivity contribution in [1.82, 2.24) is 34.5 Å². The second-order valence-electron chi connectivity index (χ2n) is 14.7. The monoisotopic (exact) mass is 732 g/mol. The standard InChI is InChI=1S/C16H24N6O.C13H19N3O2.C8H13N3O/c17-16-18-9-13(19-16)6-3-7-14-10-22(21-20-14)11-15(23)8-12-4-1-2-5-12;1-5-6-7-8-10-9-16(11(14)15-10)12(17)18-13(2,3)4;9-11-10-6-8(12)5-7-3-1-2-4-7/h9-10,12H,1-8,11H2,(H3,17,18,19);1,9H,6-8H2,2-4H3,(H2,14,15);7H,1-6H2. The number of aryl methyl sites for hydroxylation is 3. The molecule has 2 aliphatic rings. The molecule has 0 amide bonds. The van der Waals surface area contributed by atoms with E-state index in [-0.39, 0.29) is 24.1 Å². The quantitative estimate of drug-likeness (QED) is 0.0500. The van der Waals surface area contributed by atoms with Crippen molar-refractivity contribution in [3.8, 4) is 12.3 Å². The van der Waals surface area contributed by atoms with Crippen LogP contribution in [0.4, 0.5) is 16.7 Å². The summed E-state index contributed by atoms with van der Waals surface area (Å²) in [5, 5.41) is 11.5. The lowest BCUT2D eigenvalue weighted by atomic mass is 10.0. The van der Waals surface area contributed by atoms with Gasteiger partial charge in [-0.2, -0.15) is 0 Å². The largest absolute Gasteiger partial charge is 0.443 e. The lowest BCUT2D eigenvalue weighted by molar-refractivity contribution is -0.121. The number of aromatic amines is 1. The first-order chi connectivity index (χ1) is 25.3. The summed E-state index contributed by atoms with van der Waals surface area (Å²) in [5.74, 6) is 4.64. The third kappa shape index (κ3) is 16.8. The Bertz CT molecular complexity index is 1680. The number of aromatic nitrogens is 7. The van der Waals surface area contributed by atoms with Gasteiger partial charge >= 0.3 is 6.09 Å². The SMILES string of the molecule is C#CCCCc1cn(C(=O)OC(C)(C)C)c(N)n1.Nc1ncc(CCCc2cn(CC(=O)CC3CCCC3)nn2)[nH]1.[N-]=[N+]=NCC(=O)CC1CCCC1. The number of nitrogens with zero attached hydrogens (tertiary/aromatic N) is 9. The molecule has 0 spiro atoms. The van der Waals surface area contributed by atoms with Crippen molar-refractivity contribution in [3.63, 3.8) is 0 Å². The topological polar surface area (TPSA) is 238 Å². The Morgan fingerprint density at radius 1 is 1.00 bits per heavy atom. The van der Waals surface area contributed by atoms with Gasteiger partial charge < -0.3 is 21.2 Å². The summed E-state index contributed by atoms with van der Waals surface area (Å²) in [6.07, 6.45) is 25.8. The molecule has 0 saturated heterocycles. The summed E-state index contributed by atoms with van der Waals surface area (Å²) in [5.41, 5.74) is 21.3. The zero-order valence-corrected chi connectivity index (χ0v) is 31.5. The second kappa shape index (κ2) is 22.0. The molecular formula is C37H56N12O4. The first kappa shape index (κ1) is 42.3. The predicted molar refractivity (Wildman–Crippen MR) is 202 cm³/mol. The van der Waals surface area contributed by atoms with E-state index in [9.17, 15) is 14.4 Å². The number of terminal acetylenes is 1. The number of H-pyrrole nitrogens is 1. The van der Waals surface area contributed by atoms with Crippen LogP contribution < -0.4 is 11.5 Å². The molecule has 16 nitrogen and oxygen atoms in total. The summed E-state index contributed by atoms with van der Waals surface area (Å²) in [6.45, 7) is 5.77. The van der Waals surface area contributed by atoms with Gasteiger partial charge in [0.1, 0.15) is 17.9 Å². The van der Waals surface area contributed by atoms with Crippen LogP contribution in [0.15, 0.2) is 23.7 Å². The molecule has 0 radical (unpaired) electrons. The number of hydrogen-bond donors (Lipinski definition) is 3. The molecule has 3 aromatic rings. The van der Waals surface area contributed by atoms with Gasteiger partial charge in [-0.05, 0) is 70.2 Å². The first-order valence-corrected chi connectivity index (χ1v) is 18.6. The number of rotatable bonds is 15. The molecule has 2 aliphatic carbocycles. The van der Waals surface area contributed by atoms with Gasteiger partial charge in [0.25, 0.3) is 0 Å². The van der Waals surface area contributed by atoms with E-state index in [1.54, 1.807) is 37.8 Å². The normalized spacial score (nSPS) is 14.3. The van der Waals surface area contributed by atoms with Crippen molar-refractivity contribution in [2.75, 3.05) is 18.0 Å². The number of carbonyl (C=O) groups is 3. The van der Waals surface area contributed by atoms with E-state index in [0.717, 1.165) is 42.8 Å². The Morgan fingerprint density at radius 3 is 2.23 bits per heavy atom. The van der Waals surface area contributed by atoms with E-state index < -0.39 is 11.7 Å². The lowest BCUT2D eigenvalue weighted by Crippen LogP contribution is -2.27. The predicted octanol–water partition coefficient (Wildman–Crippen LogP) is 6.56. The van der Waals surface area contributed by atoms with Crippen LogP contribution in [0, 0.1) is 24.2 Å². The molecule has 0 unspecified atom stereocenters. The molecule has 53 heavy (non-hydrogen) atoms. The number of azide groups is 1. The molecule has 2 saturated carbocycles. The Labute approximate surface area is 311 Å². The van der Waals surface area contributed by atoms with E-state index in [4.69, 9.17) is 28.2 Å². The molecule has 288 valence electrons. The van der Waals surface area contributed by atoms with E-state index in [1.165, 1.54) is 55.9 Å². The highest BCUT2D eigenvalue weighted by atomic mass is 16.6. The zero-order chi connectivity index (χ0) is 38.6. The maximum Gasteiger partial charge on any atom is 0.421 e. The van der Waals surface area contributed by atoms with Gasteiger partial charge in [-0.1, -0.05) is 61.7 Å². The average Bonchev–Trinajstić information content (AvgIpc) is 3.94. The molecule has 0 atom stereocenters. The van der Waals surface area contributed by atoms with Crippen LogP contribution in [0.1, 0.15) is 121 Å². The van der Waals surface area contributed by atoms with Gasteiger partial charge in [0.15, 0.2) is 11.7 Å². The fraction of sp³-hybridized carbons (Fsp3) is 0.649. The van der Waals surface area contributed by atoms with Crippen LogP contribution in [0.25, 0.3) is 10.4 Å². The molecule has 5 N–H and O–H groups in total. The number of anilines is 2. The van der Waals surface area contributed by atoms with Gasteiger partial charge in [-0.25, -0.2) is 24.0 Å². The lowest BCUT2D eigenvalue weighted by Gasteiger charge is -2.19. The molecule has 0 aliphatic heterocycles. The fourth-order valence-electron chi connectivity index (χ4n) is 6.38. The summed E-state index contributed by atoms with van der Waals surface area (Å²) in [4.78, 5) is 48.6. The Hall–Kier alpha value is -5.16. The summed E-state index contributed by atoms with van der Waals surface area (Å²) < 4.78 is 8.10. The van der Waals surface area contributed by atoms with Gasteiger partial charge in [0, 0.05) is 42.3 Å². The number of imidazole rings is 2. The number of Topliss-reactive ketones (excluding diaryl/α,β-unsaturated/α-hetero) is 2. The van der Waals surface area contributed by atoms with Crippen LogP contribution in [0.3, 0.4) is 0 Å². The smallest absolute Gasteiger partial charge is 0.421 e. The van der Waals surface area contributed by atoms with E-state index in [1.807, 2.05) is 6.20 Å². The highest BCUT2D eigenvalue weighted by molar-refractivity contribution is 5.80. The minimum absolute atomic E-state index is 0.0347. The van der Waals surface area contributed by atoms with Crippen molar-refractivity contribution in [1.29, 1.82) is 0 Å². The Morgan fingerprint density at radius 2 is 1.64 bits per heavy atom. The van der Waals surface area contributed by atoms with Crippen molar-refractivity contribution < 1.29 is 19.1 Å². The summed E-state index contributed by atoms with van der Waals surface area (Å²) >= 11 is 0. The van der Waals surface area contributed by atoms with Crippen LogP contribution in [0.5, 0.6) is 0 Å². The van der Waals surface area contributed by atoms with Crippen molar-refractivity contribution in [2.24, 2.45) is 17.0 Å². The molecular weight excluding hydrogens is 676 g/mol. The average molecular weight is 733 g/mol.